The maximum absolute atomic E-state index is 13.0. The van der Waals surface area contributed by atoms with Crippen LogP contribution >= 0.6 is 0 Å². The van der Waals surface area contributed by atoms with E-state index >= 15 is 0 Å². The Balaban J connectivity index is 1.87. The van der Waals surface area contributed by atoms with E-state index in [1.165, 1.54) is 0 Å². The standard InChI is InChI=1S/C16H16F2N2O3/c1-9-3-4-14(23-9)10(2)20-15(21)8-19-16(22)11-5-12(17)7-13(18)6-11/h3-7,10H,8H2,1-2H3,(H,19,22)(H,20,21)/t10-/m1/s1. The van der Waals surface area contributed by atoms with Crippen LogP contribution in [0, 0.1) is 18.6 Å². The molecule has 1 aromatic heterocycles. The highest BCUT2D eigenvalue weighted by atomic mass is 19.1. The van der Waals surface area contributed by atoms with Gasteiger partial charge in [0.25, 0.3) is 5.91 Å². The molecule has 0 aliphatic heterocycles. The first-order chi connectivity index (χ1) is 10.8. The van der Waals surface area contributed by atoms with Crippen molar-refractivity contribution < 1.29 is 22.8 Å². The highest BCUT2D eigenvalue weighted by molar-refractivity contribution is 5.96. The van der Waals surface area contributed by atoms with E-state index in [0.29, 0.717) is 11.8 Å². The van der Waals surface area contributed by atoms with Crippen molar-refractivity contribution in [1.29, 1.82) is 0 Å². The summed E-state index contributed by atoms with van der Waals surface area (Å²) in [6.07, 6.45) is 0. The van der Waals surface area contributed by atoms with Crippen molar-refractivity contribution >= 4 is 11.8 Å². The lowest BCUT2D eigenvalue weighted by atomic mass is 10.2. The molecule has 0 saturated heterocycles. The number of carbonyl (C=O) groups excluding carboxylic acids is 2. The van der Waals surface area contributed by atoms with Crippen molar-refractivity contribution in [3.8, 4) is 0 Å². The van der Waals surface area contributed by atoms with Crippen LogP contribution in [0.15, 0.2) is 34.7 Å². The molecule has 1 heterocycles. The SMILES string of the molecule is Cc1ccc([C@@H](C)NC(=O)CNC(=O)c2cc(F)cc(F)c2)o1. The minimum Gasteiger partial charge on any atom is -0.464 e. The quantitative estimate of drug-likeness (QED) is 0.888. The van der Waals surface area contributed by atoms with Crippen LogP contribution in [-0.2, 0) is 4.79 Å². The van der Waals surface area contributed by atoms with Gasteiger partial charge in [0.05, 0.1) is 12.6 Å². The Morgan fingerprint density at radius 3 is 2.39 bits per heavy atom. The number of halogens is 2. The molecule has 1 atom stereocenters. The predicted octanol–water partition coefficient (Wildman–Crippen LogP) is 2.47. The molecule has 0 radical (unpaired) electrons. The lowest BCUT2D eigenvalue weighted by Gasteiger charge is -2.12. The zero-order valence-corrected chi connectivity index (χ0v) is 12.7. The monoisotopic (exact) mass is 322 g/mol. The fraction of sp³-hybridized carbons (Fsp3) is 0.250. The topological polar surface area (TPSA) is 71.3 Å². The number of aryl methyl sites for hydroxylation is 1. The summed E-state index contributed by atoms with van der Waals surface area (Å²) in [5.74, 6) is -1.59. The van der Waals surface area contributed by atoms with E-state index in [9.17, 15) is 18.4 Å². The van der Waals surface area contributed by atoms with Gasteiger partial charge < -0.3 is 15.1 Å². The van der Waals surface area contributed by atoms with Crippen LogP contribution < -0.4 is 10.6 Å². The van der Waals surface area contributed by atoms with E-state index in [1.54, 1.807) is 26.0 Å². The number of rotatable bonds is 5. The van der Waals surface area contributed by atoms with E-state index in [-0.39, 0.29) is 18.2 Å². The normalized spacial score (nSPS) is 11.8. The summed E-state index contributed by atoms with van der Waals surface area (Å²) in [4.78, 5) is 23.6. The number of benzene rings is 1. The van der Waals surface area contributed by atoms with E-state index in [1.807, 2.05) is 0 Å². The number of nitrogens with one attached hydrogen (secondary N) is 2. The van der Waals surface area contributed by atoms with Gasteiger partial charge in [-0.15, -0.1) is 0 Å². The minimum absolute atomic E-state index is 0.190. The molecule has 0 spiro atoms. The number of amides is 2. The van der Waals surface area contributed by atoms with Gasteiger partial charge in [0.15, 0.2) is 0 Å². The largest absolute Gasteiger partial charge is 0.464 e. The first kappa shape index (κ1) is 16.7. The second kappa shape index (κ2) is 7.04. The van der Waals surface area contributed by atoms with E-state index < -0.39 is 23.4 Å². The van der Waals surface area contributed by atoms with Crippen molar-refractivity contribution in [2.45, 2.75) is 19.9 Å². The minimum atomic E-state index is -0.860. The number of carbonyl (C=O) groups is 2. The van der Waals surface area contributed by atoms with Crippen molar-refractivity contribution in [1.82, 2.24) is 10.6 Å². The fourth-order valence-corrected chi connectivity index (χ4v) is 2.00. The van der Waals surface area contributed by atoms with Crippen LogP contribution in [0.3, 0.4) is 0 Å². The van der Waals surface area contributed by atoms with E-state index in [4.69, 9.17) is 4.42 Å². The molecule has 0 unspecified atom stereocenters. The number of furan rings is 1. The van der Waals surface area contributed by atoms with Crippen molar-refractivity contribution in [2.24, 2.45) is 0 Å². The molecule has 0 aliphatic rings. The molecule has 5 nitrogen and oxygen atoms in total. The summed E-state index contributed by atoms with van der Waals surface area (Å²) < 4.78 is 31.5. The van der Waals surface area contributed by atoms with Gasteiger partial charge in [-0.05, 0) is 38.1 Å². The number of hydrogen-bond acceptors (Lipinski definition) is 3. The van der Waals surface area contributed by atoms with E-state index in [2.05, 4.69) is 10.6 Å². The zero-order chi connectivity index (χ0) is 17.0. The Labute approximate surface area is 131 Å². The van der Waals surface area contributed by atoms with Gasteiger partial charge >= 0.3 is 0 Å². The summed E-state index contributed by atoms with van der Waals surface area (Å²) in [6.45, 7) is 3.21. The predicted molar refractivity (Wildman–Crippen MR) is 78.7 cm³/mol. The summed E-state index contributed by atoms with van der Waals surface area (Å²) in [6, 6.07) is 5.61. The van der Waals surface area contributed by atoms with Crippen molar-refractivity contribution in [3.05, 3.63) is 59.1 Å². The molecule has 122 valence electrons. The molecule has 2 amide bonds. The molecule has 0 bridgehead atoms. The van der Waals surface area contributed by atoms with Gasteiger partial charge in [0.2, 0.25) is 5.91 Å². The first-order valence-electron chi connectivity index (χ1n) is 6.95. The third-order valence-electron chi connectivity index (χ3n) is 3.10. The molecule has 2 rings (SSSR count). The molecular weight excluding hydrogens is 306 g/mol. The Bertz CT molecular complexity index is 708. The molecule has 0 aliphatic carbocycles. The summed E-state index contributed by atoms with van der Waals surface area (Å²) in [5.41, 5.74) is -0.190. The maximum Gasteiger partial charge on any atom is 0.251 e. The third-order valence-corrected chi connectivity index (χ3v) is 3.10. The number of hydrogen-bond donors (Lipinski definition) is 2. The molecule has 2 aromatic rings. The summed E-state index contributed by atoms with van der Waals surface area (Å²) >= 11 is 0. The van der Waals surface area contributed by atoms with Gasteiger partial charge in [0.1, 0.15) is 23.2 Å². The van der Waals surface area contributed by atoms with Crippen molar-refractivity contribution in [2.75, 3.05) is 6.54 Å². The van der Waals surface area contributed by atoms with Crippen LogP contribution in [0.2, 0.25) is 0 Å². The zero-order valence-electron chi connectivity index (χ0n) is 12.7. The van der Waals surface area contributed by atoms with E-state index in [0.717, 1.165) is 17.9 Å². The molecule has 0 fully saturated rings. The Morgan fingerprint density at radius 1 is 1.17 bits per heavy atom. The van der Waals surface area contributed by atoms with Gasteiger partial charge in [-0.3, -0.25) is 9.59 Å². The molecule has 2 N–H and O–H groups in total. The van der Waals surface area contributed by atoms with Crippen LogP contribution in [0.5, 0.6) is 0 Å². The van der Waals surface area contributed by atoms with Crippen LogP contribution in [0.4, 0.5) is 8.78 Å². The molecule has 7 heteroatoms. The fourth-order valence-electron chi connectivity index (χ4n) is 2.00. The smallest absolute Gasteiger partial charge is 0.251 e. The first-order valence-corrected chi connectivity index (χ1v) is 6.95. The third kappa shape index (κ3) is 4.64. The molecule has 1 aromatic carbocycles. The highest BCUT2D eigenvalue weighted by Crippen LogP contribution is 2.15. The second-order valence-corrected chi connectivity index (χ2v) is 5.08. The van der Waals surface area contributed by atoms with Crippen LogP contribution in [0.1, 0.15) is 34.8 Å². The summed E-state index contributed by atoms with van der Waals surface area (Å²) in [5, 5.41) is 4.94. The van der Waals surface area contributed by atoms with Gasteiger partial charge in [0, 0.05) is 11.6 Å². The second-order valence-electron chi connectivity index (χ2n) is 5.08. The van der Waals surface area contributed by atoms with Gasteiger partial charge in [-0.1, -0.05) is 0 Å². The lowest BCUT2D eigenvalue weighted by molar-refractivity contribution is -0.120. The van der Waals surface area contributed by atoms with Crippen molar-refractivity contribution in [3.63, 3.8) is 0 Å². The highest BCUT2D eigenvalue weighted by Gasteiger charge is 2.14. The van der Waals surface area contributed by atoms with Gasteiger partial charge in [-0.2, -0.15) is 0 Å². The average molecular weight is 322 g/mol. The van der Waals surface area contributed by atoms with Crippen LogP contribution in [0.25, 0.3) is 0 Å². The molecule has 0 saturated carbocycles. The maximum atomic E-state index is 13.0. The summed E-state index contributed by atoms with van der Waals surface area (Å²) in [7, 11) is 0. The molecule has 23 heavy (non-hydrogen) atoms. The average Bonchev–Trinajstić information content (AvgIpc) is 2.90. The Hall–Kier alpha value is -2.70. The Kier molecular flexibility index (Phi) is 5.10. The Morgan fingerprint density at radius 2 is 1.83 bits per heavy atom. The van der Waals surface area contributed by atoms with Gasteiger partial charge in [-0.25, -0.2) is 8.78 Å². The molecular formula is C16H16F2N2O3. The van der Waals surface area contributed by atoms with Crippen LogP contribution in [-0.4, -0.2) is 18.4 Å². The lowest BCUT2D eigenvalue weighted by Crippen LogP contribution is -2.38.